The van der Waals surface area contributed by atoms with Crippen LogP contribution in [0.25, 0.3) is 5.69 Å². The van der Waals surface area contributed by atoms with E-state index in [4.69, 9.17) is 0 Å². The third-order valence-electron chi connectivity index (χ3n) is 4.45. The molecule has 0 fully saturated rings. The highest BCUT2D eigenvalue weighted by Crippen LogP contribution is 2.24. The van der Waals surface area contributed by atoms with Gasteiger partial charge < -0.3 is 15.5 Å². The van der Waals surface area contributed by atoms with E-state index in [-0.39, 0.29) is 11.1 Å². The maximum Gasteiger partial charge on any atom is 0.246 e. The average molecular weight is 415 g/mol. The number of hydrogen-bond donors (Lipinski definition) is 2. The minimum Gasteiger partial charge on any atom is -0.384 e. The fourth-order valence-electron chi connectivity index (χ4n) is 3.46. The van der Waals surface area contributed by atoms with E-state index < -0.39 is 11.6 Å². The molecule has 2 aromatic carbocycles. The van der Waals surface area contributed by atoms with Crippen molar-refractivity contribution in [2.75, 3.05) is 37.8 Å². The SMILES string of the molecule is Cc1cc(NCC(C)(C)CN(C)C)cc(Nc2ncn(-c3cc(F)cc(F)c3)n2)c1. The van der Waals surface area contributed by atoms with Gasteiger partial charge in [0.05, 0.1) is 5.69 Å². The van der Waals surface area contributed by atoms with Gasteiger partial charge in [-0.3, -0.25) is 0 Å². The molecule has 8 heteroatoms. The van der Waals surface area contributed by atoms with E-state index in [1.54, 1.807) is 0 Å². The van der Waals surface area contributed by atoms with Crippen LogP contribution in [0.3, 0.4) is 0 Å². The molecule has 2 N–H and O–H groups in total. The number of halogens is 2. The number of rotatable bonds is 8. The van der Waals surface area contributed by atoms with Gasteiger partial charge in [0.15, 0.2) is 0 Å². The quantitative estimate of drug-likeness (QED) is 0.564. The van der Waals surface area contributed by atoms with Gasteiger partial charge in [0.2, 0.25) is 5.95 Å². The Bertz CT molecular complexity index is 992. The molecule has 30 heavy (non-hydrogen) atoms. The third-order valence-corrected chi connectivity index (χ3v) is 4.45. The number of hydrogen-bond acceptors (Lipinski definition) is 5. The molecule has 0 aliphatic carbocycles. The van der Waals surface area contributed by atoms with Crippen molar-refractivity contribution in [1.29, 1.82) is 0 Å². The van der Waals surface area contributed by atoms with Crippen LogP contribution in [0.5, 0.6) is 0 Å². The van der Waals surface area contributed by atoms with Crippen molar-refractivity contribution < 1.29 is 8.78 Å². The first-order valence-electron chi connectivity index (χ1n) is 9.75. The molecular weight excluding hydrogens is 386 g/mol. The maximum absolute atomic E-state index is 13.5. The van der Waals surface area contributed by atoms with E-state index in [1.807, 2.05) is 19.1 Å². The Morgan fingerprint density at radius 2 is 1.67 bits per heavy atom. The minimum atomic E-state index is -0.665. The van der Waals surface area contributed by atoms with E-state index in [1.165, 1.54) is 23.1 Å². The van der Waals surface area contributed by atoms with E-state index in [0.29, 0.717) is 5.95 Å². The Kier molecular flexibility index (Phi) is 6.36. The summed E-state index contributed by atoms with van der Waals surface area (Å²) in [6.45, 7) is 8.26. The van der Waals surface area contributed by atoms with Crippen molar-refractivity contribution >= 4 is 17.3 Å². The summed E-state index contributed by atoms with van der Waals surface area (Å²) in [6.07, 6.45) is 1.41. The Balaban J connectivity index is 1.72. The largest absolute Gasteiger partial charge is 0.384 e. The van der Waals surface area contributed by atoms with E-state index >= 15 is 0 Å². The second kappa shape index (κ2) is 8.79. The van der Waals surface area contributed by atoms with Crippen LogP contribution < -0.4 is 10.6 Å². The molecule has 1 heterocycles. The van der Waals surface area contributed by atoms with Gasteiger partial charge in [-0.15, -0.1) is 5.10 Å². The van der Waals surface area contributed by atoms with Crippen LogP contribution in [0.1, 0.15) is 19.4 Å². The smallest absolute Gasteiger partial charge is 0.246 e. The lowest BCUT2D eigenvalue weighted by Gasteiger charge is -2.29. The van der Waals surface area contributed by atoms with Crippen LogP contribution >= 0.6 is 0 Å². The molecule has 0 spiro atoms. The lowest BCUT2D eigenvalue weighted by Crippen LogP contribution is -2.34. The zero-order chi connectivity index (χ0) is 21.9. The molecule has 3 aromatic rings. The lowest BCUT2D eigenvalue weighted by molar-refractivity contribution is 0.254. The van der Waals surface area contributed by atoms with Crippen molar-refractivity contribution in [1.82, 2.24) is 19.7 Å². The molecule has 160 valence electrons. The van der Waals surface area contributed by atoms with Crippen molar-refractivity contribution in [2.24, 2.45) is 5.41 Å². The zero-order valence-corrected chi connectivity index (χ0v) is 18.0. The van der Waals surface area contributed by atoms with Gasteiger partial charge in [0.25, 0.3) is 0 Å². The van der Waals surface area contributed by atoms with Gasteiger partial charge in [-0.25, -0.2) is 13.5 Å². The van der Waals surface area contributed by atoms with Crippen molar-refractivity contribution in [3.63, 3.8) is 0 Å². The van der Waals surface area contributed by atoms with Crippen LogP contribution in [0.2, 0.25) is 0 Å². The molecular formula is C22H28F2N6. The number of anilines is 3. The van der Waals surface area contributed by atoms with Crippen LogP contribution in [0, 0.1) is 24.0 Å². The molecule has 0 saturated heterocycles. The Labute approximate surface area is 175 Å². The van der Waals surface area contributed by atoms with Gasteiger partial charge in [-0.2, -0.15) is 4.98 Å². The Hall–Kier alpha value is -3.00. The second-order valence-corrected chi connectivity index (χ2v) is 8.61. The van der Waals surface area contributed by atoms with Crippen LogP contribution in [-0.2, 0) is 0 Å². The summed E-state index contributed by atoms with van der Waals surface area (Å²) in [4.78, 5) is 6.37. The monoisotopic (exact) mass is 414 g/mol. The van der Waals surface area contributed by atoms with Gasteiger partial charge >= 0.3 is 0 Å². The summed E-state index contributed by atoms with van der Waals surface area (Å²) < 4.78 is 28.2. The first kappa shape index (κ1) is 21.7. The topological polar surface area (TPSA) is 58.0 Å². The molecule has 0 unspecified atom stereocenters. The Morgan fingerprint density at radius 3 is 2.33 bits per heavy atom. The van der Waals surface area contributed by atoms with Crippen molar-refractivity contribution in [3.05, 3.63) is 59.9 Å². The van der Waals surface area contributed by atoms with Gasteiger partial charge in [0.1, 0.15) is 18.0 Å². The molecule has 0 saturated carbocycles. The zero-order valence-electron chi connectivity index (χ0n) is 18.0. The molecule has 0 bridgehead atoms. The fourth-order valence-corrected chi connectivity index (χ4v) is 3.46. The van der Waals surface area contributed by atoms with Crippen molar-refractivity contribution in [3.8, 4) is 5.69 Å². The van der Waals surface area contributed by atoms with E-state index in [2.05, 4.69) is 59.6 Å². The maximum atomic E-state index is 13.5. The highest BCUT2D eigenvalue weighted by atomic mass is 19.1. The molecule has 0 radical (unpaired) electrons. The summed E-state index contributed by atoms with van der Waals surface area (Å²) >= 11 is 0. The van der Waals surface area contributed by atoms with Gasteiger partial charge in [-0.05, 0) is 62.3 Å². The number of benzene rings is 2. The molecule has 0 atom stereocenters. The predicted octanol–water partition coefficient (Wildman–Crippen LogP) is 4.60. The van der Waals surface area contributed by atoms with E-state index in [0.717, 1.165) is 36.1 Å². The van der Waals surface area contributed by atoms with Gasteiger partial charge in [0, 0.05) is 30.5 Å². The fraction of sp³-hybridized carbons (Fsp3) is 0.364. The van der Waals surface area contributed by atoms with Gasteiger partial charge in [-0.1, -0.05) is 13.8 Å². The second-order valence-electron chi connectivity index (χ2n) is 8.61. The van der Waals surface area contributed by atoms with Crippen molar-refractivity contribution in [2.45, 2.75) is 20.8 Å². The lowest BCUT2D eigenvalue weighted by atomic mass is 9.93. The third kappa shape index (κ3) is 6.00. The van der Waals surface area contributed by atoms with E-state index in [9.17, 15) is 8.78 Å². The Morgan fingerprint density at radius 1 is 1.00 bits per heavy atom. The minimum absolute atomic E-state index is 0.112. The van der Waals surface area contributed by atoms with Crippen LogP contribution in [0.15, 0.2) is 42.7 Å². The summed E-state index contributed by atoms with van der Waals surface area (Å²) in [5.41, 5.74) is 3.28. The first-order valence-corrected chi connectivity index (χ1v) is 9.75. The summed E-state index contributed by atoms with van der Waals surface area (Å²) in [5, 5.41) is 10.9. The highest BCUT2D eigenvalue weighted by molar-refractivity contribution is 5.63. The number of nitrogens with one attached hydrogen (secondary N) is 2. The molecule has 0 aliphatic rings. The highest BCUT2D eigenvalue weighted by Gasteiger charge is 2.18. The van der Waals surface area contributed by atoms with Crippen LogP contribution in [-0.4, -0.2) is 46.8 Å². The van der Waals surface area contributed by atoms with Crippen LogP contribution in [0.4, 0.5) is 26.1 Å². The summed E-state index contributed by atoms with van der Waals surface area (Å²) in [6, 6.07) is 9.27. The number of aromatic nitrogens is 3. The summed E-state index contributed by atoms with van der Waals surface area (Å²) in [7, 11) is 4.14. The standard InChI is InChI=1S/C22H28F2N6/c1-15-6-18(25-12-22(2,3)13-29(4)5)11-19(7-15)27-21-26-14-30(28-21)20-9-16(23)8-17(24)10-20/h6-11,14,25H,12-13H2,1-5H3,(H,27,28). The molecule has 3 rings (SSSR count). The molecule has 0 amide bonds. The molecule has 6 nitrogen and oxygen atoms in total. The first-order chi connectivity index (χ1) is 14.1. The molecule has 1 aromatic heterocycles. The number of aryl methyl sites for hydroxylation is 1. The summed E-state index contributed by atoms with van der Waals surface area (Å²) in [5.74, 6) is -0.993. The average Bonchev–Trinajstić information content (AvgIpc) is 3.06. The molecule has 0 aliphatic heterocycles. The predicted molar refractivity (Wildman–Crippen MR) is 117 cm³/mol. The normalized spacial score (nSPS) is 11.7. The number of nitrogens with zero attached hydrogens (tertiary/aromatic N) is 4.